The maximum absolute atomic E-state index is 2.73. The maximum Gasteiger partial charge on any atom is 0.264 e. The van der Waals surface area contributed by atoms with Gasteiger partial charge >= 0.3 is 0 Å². The van der Waals surface area contributed by atoms with Gasteiger partial charge in [0.2, 0.25) is 0 Å². The number of rotatable bonds is 8. The minimum Gasteiger partial charge on any atom is -0.311 e. The van der Waals surface area contributed by atoms with Crippen molar-refractivity contribution < 1.29 is 0 Å². The van der Waals surface area contributed by atoms with Crippen molar-refractivity contribution in [3.05, 3.63) is 148 Å². The smallest absolute Gasteiger partial charge is 0.264 e. The maximum atomic E-state index is 2.73. The molecular weight excluding hydrogens is 852 g/mol. The third kappa shape index (κ3) is 7.82. The number of unbranched alkanes of at least 4 members (excludes halogenated alkanes) is 1. The fourth-order valence-electron chi connectivity index (χ4n) is 12.4. The number of hydrogen-bond donors (Lipinski definition) is 0. The zero-order valence-corrected chi connectivity index (χ0v) is 45.8. The van der Waals surface area contributed by atoms with Crippen LogP contribution < -0.4 is 25.5 Å². The van der Waals surface area contributed by atoms with Crippen molar-refractivity contribution >= 4 is 78.0 Å². The normalized spacial score (nSPS) is 16.1. The molecule has 356 valence electrons. The quantitative estimate of drug-likeness (QED) is 0.140. The number of aryl methyl sites for hydroxylation is 3. The molecule has 2 aliphatic heterocycles. The fourth-order valence-corrected chi connectivity index (χ4v) is 13.7. The summed E-state index contributed by atoms with van der Waals surface area (Å²) in [7, 11) is 0. The van der Waals surface area contributed by atoms with E-state index in [1.165, 1.54) is 148 Å². The molecule has 7 aromatic rings. The largest absolute Gasteiger partial charge is 0.311 e. The molecule has 0 atom stereocenters. The molecule has 0 unspecified atom stereocenters. The standard InChI is InChI=1S/C65H77BN2S/c1-17-19-30-63(11,12)50-39-57-48(35-42(50)18-2)59-60(69-57)66-52-37-44(62(8,9)10)25-29-54(52)68(53-28-24-43(61(5,6)7)36-47(53)46-23-21-20-22-41(46)4)56-34-40(3)33-55(58(56)66)67(59)45-26-27-49-51(38-45)65(15,16)32-31-64(49,13)14/h20-29,33-39H,17-19,30-32H2,1-16H3. The summed E-state index contributed by atoms with van der Waals surface area (Å²) in [5.41, 5.74) is 24.7. The van der Waals surface area contributed by atoms with E-state index in [-0.39, 0.29) is 33.8 Å². The molecular formula is C65H77BN2S. The zero-order chi connectivity index (χ0) is 49.3. The lowest BCUT2D eigenvalue weighted by molar-refractivity contribution is 0.332. The Balaban J connectivity index is 1.34. The molecule has 0 radical (unpaired) electrons. The Morgan fingerprint density at radius 1 is 0.623 bits per heavy atom. The minimum absolute atomic E-state index is 0.00949. The van der Waals surface area contributed by atoms with Crippen LogP contribution in [0.25, 0.3) is 21.2 Å². The SMILES string of the molecule is CCCCC(C)(C)c1cc2sc3c(c2cc1CC)N(c1ccc2c(c1)C(C)(C)CCC2(C)C)c1cc(C)cc2c1B3c1cc(C(C)(C)C)ccc1N2c1ccc(C(C)(C)C)cc1-c1ccccc1C. The van der Waals surface area contributed by atoms with E-state index >= 15 is 0 Å². The van der Waals surface area contributed by atoms with E-state index in [1.807, 2.05) is 0 Å². The van der Waals surface area contributed by atoms with Gasteiger partial charge in [0.15, 0.2) is 0 Å². The van der Waals surface area contributed by atoms with E-state index in [4.69, 9.17) is 0 Å². The lowest BCUT2D eigenvalue weighted by atomic mass is 9.36. The predicted molar refractivity (Wildman–Crippen MR) is 305 cm³/mol. The molecule has 0 fully saturated rings. The molecule has 1 aliphatic carbocycles. The summed E-state index contributed by atoms with van der Waals surface area (Å²) in [5.74, 6) is 0. The van der Waals surface area contributed by atoms with Gasteiger partial charge in [-0.1, -0.05) is 158 Å². The molecule has 1 aromatic heterocycles. The number of thiophene rings is 1. The van der Waals surface area contributed by atoms with E-state index in [9.17, 15) is 0 Å². The van der Waals surface area contributed by atoms with E-state index in [2.05, 4.69) is 235 Å². The van der Waals surface area contributed by atoms with Crippen molar-refractivity contribution in [2.45, 2.75) is 176 Å². The Labute approximate surface area is 420 Å². The summed E-state index contributed by atoms with van der Waals surface area (Å²) < 4.78 is 2.86. The zero-order valence-electron chi connectivity index (χ0n) is 44.9. The highest BCUT2D eigenvalue weighted by Crippen LogP contribution is 2.53. The van der Waals surface area contributed by atoms with E-state index < -0.39 is 0 Å². The van der Waals surface area contributed by atoms with Crippen molar-refractivity contribution in [1.82, 2.24) is 0 Å². The van der Waals surface area contributed by atoms with Gasteiger partial charge in [-0.15, -0.1) is 11.3 Å². The van der Waals surface area contributed by atoms with Crippen LogP contribution in [0.3, 0.4) is 0 Å². The first-order chi connectivity index (χ1) is 32.4. The molecule has 2 nitrogen and oxygen atoms in total. The second kappa shape index (κ2) is 16.5. The van der Waals surface area contributed by atoms with Gasteiger partial charge in [0.25, 0.3) is 6.71 Å². The number of nitrogens with zero attached hydrogens (tertiary/aromatic N) is 2. The van der Waals surface area contributed by atoms with Crippen LogP contribution in [0.4, 0.5) is 34.1 Å². The van der Waals surface area contributed by atoms with E-state index in [0.29, 0.717) is 0 Å². The summed E-state index contributed by atoms with van der Waals surface area (Å²) >= 11 is 2.06. The van der Waals surface area contributed by atoms with Gasteiger partial charge in [-0.25, -0.2) is 0 Å². The second-order valence-corrected chi connectivity index (χ2v) is 26.4. The minimum atomic E-state index is -0.0285. The first-order valence-electron chi connectivity index (χ1n) is 26.3. The Morgan fingerprint density at radius 3 is 1.91 bits per heavy atom. The Morgan fingerprint density at radius 2 is 1.26 bits per heavy atom. The molecule has 4 heteroatoms. The average molecular weight is 929 g/mol. The monoisotopic (exact) mass is 929 g/mol. The molecule has 3 heterocycles. The van der Waals surface area contributed by atoms with Gasteiger partial charge < -0.3 is 9.80 Å². The summed E-state index contributed by atoms with van der Waals surface area (Å²) in [6, 6.07) is 41.7. The first kappa shape index (κ1) is 47.6. The molecule has 0 saturated heterocycles. The van der Waals surface area contributed by atoms with Gasteiger partial charge in [-0.3, -0.25) is 0 Å². The van der Waals surface area contributed by atoms with Gasteiger partial charge in [-0.05, 0) is 182 Å². The van der Waals surface area contributed by atoms with Crippen LogP contribution in [0.15, 0.2) is 103 Å². The van der Waals surface area contributed by atoms with E-state index in [1.54, 1.807) is 0 Å². The molecule has 10 rings (SSSR count). The fraction of sp³-hybridized carbons (Fsp3) is 0.415. The summed E-state index contributed by atoms with van der Waals surface area (Å²) in [6.45, 7) is 38.3. The predicted octanol–water partition coefficient (Wildman–Crippen LogP) is 17.2. The molecule has 3 aliphatic rings. The first-order valence-corrected chi connectivity index (χ1v) is 27.1. The van der Waals surface area contributed by atoms with Gasteiger partial charge in [0.05, 0.1) is 11.4 Å². The lowest BCUT2D eigenvalue weighted by Gasteiger charge is -2.45. The molecule has 0 bridgehead atoms. The Kier molecular flexibility index (Phi) is 11.4. The van der Waals surface area contributed by atoms with Crippen LogP contribution in [0.1, 0.15) is 174 Å². The van der Waals surface area contributed by atoms with Crippen LogP contribution in [-0.4, -0.2) is 6.71 Å². The molecule has 0 N–H and O–H groups in total. The third-order valence-corrected chi connectivity index (χ3v) is 18.0. The van der Waals surface area contributed by atoms with Crippen LogP contribution in [0, 0.1) is 13.8 Å². The average Bonchev–Trinajstić information content (AvgIpc) is 3.66. The highest BCUT2D eigenvalue weighted by molar-refractivity contribution is 7.33. The highest BCUT2D eigenvalue weighted by Gasteiger charge is 2.47. The summed E-state index contributed by atoms with van der Waals surface area (Å²) in [5, 5.41) is 1.39. The third-order valence-electron chi connectivity index (χ3n) is 16.8. The van der Waals surface area contributed by atoms with Crippen molar-refractivity contribution in [3.8, 4) is 11.1 Å². The topological polar surface area (TPSA) is 6.48 Å². The highest BCUT2D eigenvalue weighted by atomic mass is 32.1. The van der Waals surface area contributed by atoms with Crippen LogP contribution >= 0.6 is 11.3 Å². The molecule has 0 saturated carbocycles. The Bertz CT molecular complexity index is 3180. The van der Waals surface area contributed by atoms with Crippen LogP contribution in [0.2, 0.25) is 0 Å². The van der Waals surface area contributed by atoms with E-state index in [0.717, 1.165) is 6.42 Å². The number of hydrogen-bond acceptors (Lipinski definition) is 3. The van der Waals surface area contributed by atoms with Gasteiger partial charge in [0, 0.05) is 43.2 Å². The van der Waals surface area contributed by atoms with Crippen LogP contribution in [0.5, 0.6) is 0 Å². The molecule has 0 amide bonds. The van der Waals surface area contributed by atoms with Gasteiger partial charge in [-0.2, -0.15) is 0 Å². The summed E-state index contributed by atoms with van der Waals surface area (Å²) in [6.07, 6.45) is 7.04. The molecule has 69 heavy (non-hydrogen) atoms. The van der Waals surface area contributed by atoms with Gasteiger partial charge in [0.1, 0.15) is 0 Å². The van der Waals surface area contributed by atoms with Crippen molar-refractivity contribution in [2.24, 2.45) is 0 Å². The molecule has 6 aromatic carbocycles. The summed E-state index contributed by atoms with van der Waals surface area (Å²) in [4.78, 5) is 5.40. The lowest BCUT2D eigenvalue weighted by Crippen LogP contribution is -2.60. The second-order valence-electron chi connectivity index (χ2n) is 25.3. The van der Waals surface area contributed by atoms with Crippen molar-refractivity contribution in [2.75, 3.05) is 9.80 Å². The number of anilines is 6. The van der Waals surface area contributed by atoms with Crippen molar-refractivity contribution in [3.63, 3.8) is 0 Å². The number of fused-ring (bicyclic) bond motifs is 7. The molecule has 0 spiro atoms. The Hall–Kier alpha value is -5.06. The number of benzene rings is 6. The van der Waals surface area contributed by atoms with Crippen molar-refractivity contribution in [1.29, 1.82) is 0 Å². The van der Waals surface area contributed by atoms with Crippen LogP contribution in [-0.2, 0) is 33.5 Å².